The number of ketones is 2. The maximum absolute atomic E-state index is 13.1. The molecule has 118 valence electrons. The van der Waals surface area contributed by atoms with Crippen molar-refractivity contribution < 1.29 is 18.4 Å². The highest BCUT2D eigenvalue weighted by molar-refractivity contribution is 6.34. The second-order valence-corrected chi connectivity index (χ2v) is 6.38. The van der Waals surface area contributed by atoms with Crippen LogP contribution in [0.15, 0.2) is 59.7 Å². The van der Waals surface area contributed by atoms with Crippen molar-refractivity contribution in [3.05, 3.63) is 81.9 Å². The second kappa shape index (κ2) is 5.43. The molecule has 2 aliphatic carbocycles. The molecule has 0 saturated heterocycles. The SMILES string of the molecule is O=C1C2=C(O[SiH3])c3ccccc3C(=O)C2=C(O[SiH3])c2ccccc21. The van der Waals surface area contributed by atoms with Crippen LogP contribution in [0.5, 0.6) is 0 Å². The summed E-state index contributed by atoms with van der Waals surface area (Å²) >= 11 is 0. The summed E-state index contributed by atoms with van der Waals surface area (Å²) in [5.41, 5.74) is 3.11. The summed E-state index contributed by atoms with van der Waals surface area (Å²) in [7, 11) is 0.837. The third kappa shape index (κ3) is 1.84. The predicted octanol–water partition coefficient (Wildman–Crippen LogP) is 0.796. The van der Waals surface area contributed by atoms with Gasteiger partial charge in [0.15, 0.2) is 11.6 Å². The van der Waals surface area contributed by atoms with Gasteiger partial charge in [-0.15, -0.1) is 0 Å². The highest BCUT2D eigenvalue weighted by Gasteiger charge is 2.41. The Morgan fingerprint density at radius 2 is 0.917 bits per heavy atom. The van der Waals surface area contributed by atoms with Crippen molar-refractivity contribution in [3.63, 3.8) is 0 Å². The summed E-state index contributed by atoms with van der Waals surface area (Å²) in [5, 5.41) is 0. The average molecular weight is 350 g/mol. The third-order valence-corrected chi connectivity index (χ3v) is 5.22. The second-order valence-electron chi connectivity index (χ2n) is 5.57. The van der Waals surface area contributed by atoms with Crippen LogP contribution in [0.4, 0.5) is 0 Å². The summed E-state index contributed by atoms with van der Waals surface area (Å²) < 4.78 is 11.4. The van der Waals surface area contributed by atoms with Crippen molar-refractivity contribution in [2.24, 2.45) is 0 Å². The van der Waals surface area contributed by atoms with E-state index in [1.165, 1.54) is 0 Å². The zero-order valence-electron chi connectivity index (χ0n) is 13.3. The van der Waals surface area contributed by atoms with Crippen LogP contribution in [-0.4, -0.2) is 32.5 Å². The van der Waals surface area contributed by atoms with E-state index < -0.39 is 0 Å². The van der Waals surface area contributed by atoms with Crippen LogP contribution in [-0.2, 0) is 8.85 Å². The molecule has 0 saturated carbocycles. The molecule has 0 atom stereocenters. The summed E-state index contributed by atoms with van der Waals surface area (Å²) in [6, 6.07) is 14.5. The largest absolute Gasteiger partial charge is 0.552 e. The Hall–Kier alpha value is -2.71. The van der Waals surface area contributed by atoms with Crippen LogP contribution < -0.4 is 0 Å². The van der Waals surface area contributed by atoms with Crippen LogP contribution in [0.2, 0.25) is 0 Å². The number of Topliss-reactive ketones (excluding diaryl/α,β-unsaturated/α-hetero) is 2. The number of hydrogen-bond donors (Lipinski definition) is 0. The highest BCUT2D eigenvalue weighted by atomic mass is 28.2. The van der Waals surface area contributed by atoms with Crippen molar-refractivity contribution >= 4 is 44.1 Å². The van der Waals surface area contributed by atoms with Gasteiger partial charge in [-0.05, 0) is 0 Å². The van der Waals surface area contributed by atoms with Gasteiger partial charge in [0, 0.05) is 22.3 Å². The van der Waals surface area contributed by atoms with Gasteiger partial charge in [-0.3, -0.25) is 9.59 Å². The first-order valence-corrected chi connectivity index (χ1v) is 9.17. The minimum absolute atomic E-state index is 0.184. The number of benzene rings is 2. The molecule has 4 nitrogen and oxygen atoms in total. The summed E-state index contributed by atoms with van der Waals surface area (Å²) in [5.74, 6) is 0.610. The molecule has 0 radical (unpaired) electrons. The molecule has 6 heteroatoms. The Kier molecular flexibility index (Phi) is 3.36. The van der Waals surface area contributed by atoms with E-state index >= 15 is 0 Å². The maximum atomic E-state index is 13.1. The minimum atomic E-state index is -0.184. The van der Waals surface area contributed by atoms with Crippen molar-refractivity contribution in [1.29, 1.82) is 0 Å². The monoisotopic (exact) mass is 350 g/mol. The lowest BCUT2D eigenvalue weighted by Gasteiger charge is -2.29. The van der Waals surface area contributed by atoms with E-state index in [-0.39, 0.29) is 11.6 Å². The van der Waals surface area contributed by atoms with Gasteiger partial charge in [0.1, 0.15) is 11.5 Å². The first-order chi connectivity index (χ1) is 11.7. The molecule has 2 aliphatic rings. The zero-order valence-corrected chi connectivity index (χ0v) is 17.3. The number of hydrogen-bond acceptors (Lipinski definition) is 4. The van der Waals surface area contributed by atoms with Gasteiger partial charge in [0.2, 0.25) is 21.0 Å². The van der Waals surface area contributed by atoms with Crippen molar-refractivity contribution in [1.82, 2.24) is 0 Å². The zero-order chi connectivity index (χ0) is 16.8. The van der Waals surface area contributed by atoms with Crippen LogP contribution >= 0.6 is 0 Å². The fourth-order valence-corrected chi connectivity index (χ4v) is 4.23. The number of carbonyl (C=O) groups excluding carboxylic acids is 2. The molecule has 2 aromatic carbocycles. The number of fused-ring (bicyclic) bond motifs is 3. The molecule has 2 aromatic rings. The Morgan fingerprint density at radius 3 is 1.25 bits per heavy atom. The van der Waals surface area contributed by atoms with Crippen molar-refractivity contribution in [2.75, 3.05) is 0 Å². The first-order valence-electron chi connectivity index (χ1n) is 7.54. The normalized spacial score (nSPS) is 16.0. The van der Waals surface area contributed by atoms with Crippen LogP contribution in [0.1, 0.15) is 31.8 Å². The Bertz CT molecular complexity index is 893. The van der Waals surface area contributed by atoms with E-state index in [4.69, 9.17) is 8.85 Å². The molecule has 0 unspecified atom stereocenters. The predicted molar refractivity (Wildman–Crippen MR) is 97.4 cm³/mol. The van der Waals surface area contributed by atoms with Gasteiger partial charge in [-0.25, -0.2) is 0 Å². The van der Waals surface area contributed by atoms with E-state index in [1.807, 2.05) is 36.4 Å². The van der Waals surface area contributed by atoms with E-state index in [1.54, 1.807) is 12.1 Å². The van der Waals surface area contributed by atoms with E-state index in [0.29, 0.717) is 65.9 Å². The molecular formula is C18H14O4Si2. The van der Waals surface area contributed by atoms with Gasteiger partial charge in [-0.2, -0.15) is 0 Å². The highest BCUT2D eigenvalue weighted by Crippen LogP contribution is 2.43. The molecule has 24 heavy (non-hydrogen) atoms. The number of rotatable bonds is 2. The number of allylic oxidation sites excluding steroid dienone is 2. The molecule has 0 fully saturated rings. The average Bonchev–Trinajstić information content (AvgIpc) is 2.63. The lowest BCUT2D eigenvalue weighted by molar-refractivity contribution is 0.0989. The van der Waals surface area contributed by atoms with E-state index in [9.17, 15) is 9.59 Å². The third-order valence-electron chi connectivity index (χ3n) is 4.40. The number of carbonyl (C=O) groups is 2. The molecule has 4 rings (SSSR count). The first kappa shape index (κ1) is 14.9. The molecule has 0 N–H and O–H groups in total. The molecule has 0 bridgehead atoms. The standard InChI is InChI=1S/C18H14O4Si2/c19-15-9-5-1-3-7-11(9)17(21-23)14-13(15)18(22-24)12-8-4-2-6-10(12)16(14)20/h1-8H,23-24H3. The molecule has 0 heterocycles. The van der Waals surface area contributed by atoms with Crippen molar-refractivity contribution in [3.8, 4) is 0 Å². The molecular weight excluding hydrogens is 336 g/mol. The van der Waals surface area contributed by atoms with Crippen LogP contribution in [0.25, 0.3) is 11.5 Å². The van der Waals surface area contributed by atoms with Gasteiger partial charge in [0.25, 0.3) is 0 Å². The van der Waals surface area contributed by atoms with Crippen LogP contribution in [0.3, 0.4) is 0 Å². The summed E-state index contributed by atoms with van der Waals surface area (Å²) in [6.07, 6.45) is 0. The fraction of sp³-hybridized carbons (Fsp3) is 0. The topological polar surface area (TPSA) is 52.6 Å². The maximum Gasteiger partial charge on any atom is 0.204 e. The smallest absolute Gasteiger partial charge is 0.204 e. The van der Waals surface area contributed by atoms with Crippen LogP contribution in [0, 0.1) is 0 Å². The Balaban J connectivity index is 2.16. The summed E-state index contributed by atoms with van der Waals surface area (Å²) in [6.45, 7) is 0. The molecule has 0 aliphatic heterocycles. The van der Waals surface area contributed by atoms with E-state index in [2.05, 4.69) is 0 Å². The molecule has 0 amide bonds. The minimum Gasteiger partial charge on any atom is -0.552 e. The Labute approximate surface area is 144 Å². The van der Waals surface area contributed by atoms with Gasteiger partial charge >= 0.3 is 0 Å². The fourth-order valence-electron chi connectivity index (χ4n) is 3.38. The molecule has 0 aromatic heterocycles. The lowest BCUT2D eigenvalue weighted by atomic mass is 9.76. The molecule has 0 spiro atoms. The summed E-state index contributed by atoms with van der Waals surface area (Å²) in [4.78, 5) is 26.2. The van der Waals surface area contributed by atoms with Gasteiger partial charge in [-0.1, -0.05) is 48.5 Å². The van der Waals surface area contributed by atoms with Crippen molar-refractivity contribution in [2.45, 2.75) is 0 Å². The van der Waals surface area contributed by atoms with E-state index in [0.717, 1.165) is 0 Å². The quantitative estimate of drug-likeness (QED) is 0.752. The van der Waals surface area contributed by atoms with Gasteiger partial charge in [0.05, 0.1) is 11.1 Å². The Morgan fingerprint density at radius 1 is 0.583 bits per heavy atom. The van der Waals surface area contributed by atoms with Gasteiger partial charge < -0.3 is 8.85 Å². The lowest BCUT2D eigenvalue weighted by Crippen LogP contribution is -2.27.